The molecular weight excluding hydrogens is 312 g/mol. The standard InChI is InChI=1S/C21H26N2O2/c1-3-5-9-16-22-20(24)17-12-14-18(15-13-17)21(25)23(4-2)19-10-7-6-8-11-19/h6-8,10-15H,3-5,9,16H2,1-2H3,(H,22,24). The predicted octanol–water partition coefficient (Wildman–Crippen LogP) is 4.27. The van der Waals surface area contributed by atoms with Gasteiger partial charge < -0.3 is 10.2 Å². The summed E-state index contributed by atoms with van der Waals surface area (Å²) in [5.74, 6) is -0.158. The molecule has 0 aliphatic heterocycles. The predicted molar refractivity (Wildman–Crippen MR) is 102 cm³/mol. The lowest BCUT2D eigenvalue weighted by atomic mass is 10.1. The molecule has 0 bridgehead atoms. The molecule has 2 amide bonds. The Morgan fingerprint density at radius 3 is 2.12 bits per heavy atom. The van der Waals surface area contributed by atoms with Crippen LogP contribution in [0.5, 0.6) is 0 Å². The number of anilines is 1. The van der Waals surface area contributed by atoms with Crippen LogP contribution in [0.2, 0.25) is 0 Å². The van der Waals surface area contributed by atoms with Crippen molar-refractivity contribution in [2.45, 2.75) is 33.1 Å². The maximum absolute atomic E-state index is 12.7. The van der Waals surface area contributed by atoms with Crippen LogP contribution in [0.1, 0.15) is 53.8 Å². The zero-order valence-corrected chi connectivity index (χ0v) is 15.0. The number of amides is 2. The number of nitrogens with one attached hydrogen (secondary N) is 1. The summed E-state index contributed by atoms with van der Waals surface area (Å²) in [4.78, 5) is 26.5. The van der Waals surface area contributed by atoms with Crippen molar-refractivity contribution in [2.24, 2.45) is 0 Å². The van der Waals surface area contributed by atoms with Crippen LogP contribution in [0.4, 0.5) is 5.69 Å². The molecule has 0 aliphatic rings. The zero-order valence-electron chi connectivity index (χ0n) is 15.0. The van der Waals surface area contributed by atoms with Crippen molar-refractivity contribution in [3.8, 4) is 0 Å². The van der Waals surface area contributed by atoms with Crippen molar-refractivity contribution in [3.05, 3.63) is 65.7 Å². The van der Waals surface area contributed by atoms with Crippen LogP contribution < -0.4 is 10.2 Å². The minimum atomic E-state index is -0.0921. The Morgan fingerprint density at radius 2 is 1.52 bits per heavy atom. The quantitative estimate of drug-likeness (QED) is 0.731. The Bertz CT molecular complexity index is 681. The molecule has 4 heteroatoms. The summed E-state index contributed by atoms with van der Waals surface area (Å²) >= 11 is 0. The molecule has 0 atom stereocenters. The second-order valence-corrected chi connectivity index (χ2v) is 5.93. The summed E-state index contributed by atoms with van der Waals surface area (Å²) in [5.41, 5.74) is 2.02. The van der Waals surface area contributed by atoms with Crippen LogP contribution in [0, 0.1) is 0 Å². The maximum atomic E-state index is 12.7. The Balaban J connectivity index is 2.03. The molecule has 0 saturated carbocycles. The maximum Gasteiger partial charge on any atom is 0.258 e. The van der Waals surface area contributed by atoms with Crippen molar-refractivity contribution in [2.75, 3.05) is 18.0 Å². The van der Waals surface area contributed by atoms with Gasteiger partial charge in [-0.25, -0.2) is 0 Å². The van der Waals surface area contributed by atoms with Gasteiger partial charge in [0, 0.05) is 29.9 Å². The first kappa shape index (κ1) is 18.7. The van der Waals surface area contributed by atoms with Gasteiger partial charge in [-0.3, -0.25) is 9.59 Å². The Hall–Kier alpha value is -2.62. The summed E-state index contributed by atoms with van der Waals surface area (Å²) in [6.07, 6.45) is 3.23. The van der Waals surface area contributed by atoms with E-state index in [0.717, 1.165) is 24.9 Å². The lowest BCUT2D eigenvalue weighted by Gasteiger charge is -2.21. The number of para-hydroxylation sites is 1. The van der Waals surface area contributed by atoms with E-state index in [4.69, 9.17) is 0 Å². The number of rotatable bonds is 8. The van der Waals surface area contributed by atoms with E-state index in [1.807, 2.05) is 37.3 Å². The number of carbonyl (C=O) groups excluding carboxylic acids is 2. The minimum Gasteiger partial charge on any atom is -0.352 e. The molecule has 2 rings (SSSR count). The lowest BCUT2D eigenvalue weighted by Crippen LogP contribution is -2.30. The highest BCUT2D eigenvalue weighted by atomic mass is 16.2. The molecule has 25 heavy (non-hydrogen) atoms. The third-order valence-electron chi connectivity index (χ3n) is 4.09. The first-order valence-corrected chi connectivity index (χ1v) is 8.92. The van der Waals surface area contributed by atoms with Gasteiger partial charge >= 0.3 is 0 Å². The third kappa shape index (κ3) is 5.18. The molecule has 0 heterocycles. The second-order valence-electron chi connectivity index (χ2n) is 5.93. The van der Waals surface area contributed by atoms with Crippen LogP contribution in [0.15, 0.2) is 54.6 Å². The number of carbonyl (C=O) groups is 2. The molecule has 1 N–H and O–H groups in total. The van der Waals surface area contributed by atoms with E-state index in [9.17, 15) is 9.59 Å². The second kappa shape index (κ2) is 9.62. The van der Waals surface area contributed by atoms with Gasteiger partial charge in [-0.05, 0) is 49.7 Å². The SMILES string of the molecule is CCCCCNC(=O)c1ccc(C(=O)N(CC)c2ccccc2)cc1. The first-order valence-electron chi connectivity index (χ1n) is 8.92. The van der Waals surface area contributed by atoms with E-state index >= 15 is 0 Å². The number of hydrogen-bond donors (Lipinski definition) is 1. The molecule has 0 fully saturated rings. The van der Waals surface area contributed by atoms with E-state index in [2.05, 4.69) is 12.2 Å². The fourth-order valence-corrected chi connectivity index (χ4v) is 2.65. The number of hydrogen-bond acceptors (Lipinski definition) is 2. The van der Waals surface area contributed by atoms with Crippen molar-refractivity contribution >= 4 is 17.5 Å². The van der Waals surface area contributed by atoms with E-state index in [1.165, 1.54) is 0 Å². The van der Waals surface area contributed by atoms with Gasteiger partial charge in [-0.15, -0.1) is 0 Å². The smallest absolute Gasteiger partial charge is 0.258 e. The molecule has 0 aliphatic carbocycles. The van der Waals surface area contributed by atoms with E-state index in [-0.39, 0.29) is 11.8 Å². The highest BCUT2D eigenvalue weighted by molar-refractivity contribution is 6.06. The summed E-state index contributed by atoms with van der Waals surface area (Å²) in [7, 11) is 0. The minimum absolute atomic E-state index is 0.0661. The fraction of sp³-hybridized carbons (Fsp3) is 0.333. The summed E-state index contributed by atoms with van der Waals surface area (Å²) in [6, 6.07) is 16.4. The average molecular weight is 338 g/mol. The molecule has 0 aromatic heterocycles. The van der Waals surface area contributed by atoms with E-state index in [1.54, 1.807) is 29.2 Å². The monoisotopic (exact) mass is 338 g/mol. The zero-order chi connectivity index (χ0) is 18.1. The van der Waals surface area contributed by atoms with Crippen molar-refractivity contribution in [1.29, 1.82) is 0 Å². The third-order valence-corrected chi connectivity index (χ3v) is 4.09. The van der Waals surface area contributed by atoms with Crippen LogP contribution >= 0.6 is 0 Å². The Morgan fingerprint density at radius 1 is 0.880 bits per heavy atom. The normalized spacial score (nSPS) is 10.3. The molecular formula is C21H26N2O2. The summed E-state index contributed by atoms with van der Waals surface area (Å²) in [6.45, 7) is 5.35. The molecule has 0 radical (unpaired) electrons. The summed E-state index contributed by atoms with van der Waals surface area (Å²) in [5, 5.41) is 2.91. The molecule has 132 valence electrons. The van der Waals surface area contributed by atoms with Gasteiger partial charge in [0.2, 0.25) is 0 Å². The topological polar surface area (TPSA) is 49.4 Å². The van der Waals surface area contributed by atoms with Crippen LogP contribution in [-0.2, 0) is 0 Å². The lowest BCUT2D eigenvalue weighted by molar-refractivity contribution is 0.0949. The molecule has 2 aromatic carbocycles. The van der Waals surface area contributed by atoms with E-state index < -0.39 is 0 Å². The number of benzene rings is 2. The van der Waals surface area contributed by atoms with Crippen LogP contribution in [-0.4, -0.2) is 24.9 Å². The molecule has 4 nitrogen and oxygen atoms in total. The van der Waals surface area contributed by atoms with Gasteiger partial charge in [0.1, 0.15) is 0 Å². The van der Waals surface area contributed by atoms with Crippen molar-refractivity contribution < 1.29 is 9.59 Å². The molecule has 0 saturated heterocycles. The van der Waals surface area contributed by atoms with Crippen molar-refractivity contribution in [1.82, 2.24) is 5.32 Å². The van der Waals surface area contributed by atoms with Gasteiger partial charge in [0.15, 0.2) is 0 Å². The largest absolute Gasteiger partial charge is 0.352 e. The molecule has 0 spiro atoms. The average Bonchev–Trinajstić information content (AvgIpc) is 2.66. The van der Waals surface area contributed by atoms with Crippen LogP contribution in [0.3, 0.4) is 0 Å². The molecule has 0 unspecified atom stereocenters. The molecule has 2 aromatic rings. The Kier molecular flexibility index (Phi) is 7.20. The van der Waals surface area contributed by atoms with Gasteiger partial charge in [-0.2, -0.15) is 0 Å². The van der Waals surface area contributed by atoms with Crippen molar-refractivity contribution in [3.63, 3.8) is 0 Å². The van der Waals surface area contributed by atoms with Gasteiger partial charge in [0.25, 0.3) is 11.8 Å². The Labute approximate surface area is 149 Å². The highest BCUT2D eigenvalue weighted by Gasteiger charge is 2.16. The van der Waals surface area contributed by atoms with Gasteiger partial charge in [-0.1, -0.05) is 38.0 Å². The van der Waals surface area contributed by atoms with Crippen LogP contribution in [0.25, 0.3) is 0 Å². The van der Waals surface area contributed by atoms with Gasteiger partial charge in [0.05, 0.1) is 0 Å². The first-order chi connectivity index (χ1) is 12.2. The highest BCUT2D eigenvalue weighted by Crippen LogP contribution is 2.17. The fourth-order valence-electron chi connectivity index (χ4n) is 2.65. The number of unbranched alkanes of at least 4 members (excludes halogenated alkanes) is 2. The van der Waals surface area contributed by atoms with E-state index in [0.29, 0.717) is 24.2 Å². The number of nitrogens with zero attached hydrogens (tertiary/aromatic N) is 1. The summed E-state index contributed by atoms with van der Waals surface area (Å²) < 4.78 is 0.